The minimum atomic E-state index is 0.00604. The van der Waals surface area contributed by atoms with Gasteiger partial charge in [0.1, 0.15) is 17.2 Å². The number of carbonyl (C=O) groups is 1. The predicted octanol–water partition coefficient (Wildman–Crippen LogP) is 4.91. The van der Waals surface area contributed by atoms with E-state index in [1.54, 1.807) is 4.68 Å². The molecule has 1 saturated heterocycles. The molecule has 1 aliphatic rings. The summed E-state index contributed by atoms with van der Waals surface area (Å²) in [6.45, 7) is 7.48. The Morgan fingerprint density at radius 2 is 1.88 bits per heavy atom. The largest absolute Gasteiger partial charge is 0.466 e. The lowest BCUT2D eigenvalue weighted by atomic mass is 9.84. The molecule has 3 aromatic rings. The third-order valence-electron chi connectivity index (χ3n) is 7.34. The van der Waals surface area contributed by atoms with Crippen molar-refractivity contribution in [3.8, 4) is 0 Å². The summed E-state index contributed by atoms with van der Waals surface area (Å²) in [6.07, 6.45) is 6.01. The van der Waals surface area contributed by atoms with E-state index in [0.29, 0.717) is 17.5 Å². The first kappa shape index (κ1) is 24.3. The van der Waals surface area contributed by atoms with E-state index in [1.807, 2.05) is 50.3 Å². The van der Waals surface area contributed by atoms with Crippen LogP contribution in [0.2, 0.25) is 0 Å². The zero-order valence-corrected chi connectivity index (χ0v) is 21.0. The van der Waals surface area contributed by atoms with Gasteiger partial charge in [0.2, 0.25) is 0 Å². The Hall–Kier alpha value is -2.86. The minimum absolute atomic E-state index is 0.00604. The topological polar surface area (TPSA) is 54.5 Å². The fraction of sp³-hybridized carbons (Fsp3) is 0.500. The zero-order valence-electron chi connectivity index (χ0n) is 21.0. The van der Waals surface area contributed by atoms with Crippen LogP contribution in [0.4, 0.5) is 0 Å². The van der Waals surface area contributed by atoms with Crippen molar-refractivity contribution in [3.63, 3.8) is 0 Å². The van der Waals surface area contributed by atoms with E-state index in [2.05, 4.69) is 47.3 Å². The number of likely N-dealkylation sites (N-methyl/N-ethyl adjacent to an activating group) is 1. The number of rotatable bonds is 9. The van der Waals surface area contributed by atoms with Crippen molar-refractivity contribution in [2.75, 3.05) is 26.7 Å². The van der Waals surface area contributed by atoms with Crippen LogP contribution in [0.3, 0.4) is 0 Å². The van der Waals surface area contributed by atoms with Crippen LogP contribution in [0.25, 0.3) is 0 Å². The van der Waals surface area contributed by atoms with Gasteiger partial charge >= 0.3 is 0 Å². The monoisotopic (exact) mass is 462 g/mol. The average molecular weight is 463 g/mol. The number of nitrogens with zero attached hydrogens (tertiary/aromatic N) is 4. The molecule has 34 heavy (non-hydrogen) atoms. The summed E-state index contributed by atoms with van der Waals surface area (Å²) < 4.78 is 7.51. The van der Waals surface area contributed by atoms with E-state index in [4.69, 9.17) is 4.42 Å². The van der Waals surface area contributed by atoms with Crippen LogP contribution < -0.4 is 0 Å². The molecule has 0 unspecified atom stereocenters. The Morgan fingerprint density at radius 3 is 2.50 bits per heavy atom. The van der Waals surface area contributed by atoms with E-state index >= 15 is 0 Å². The number of likely N-dealkylation sites (tertiary alicyclic amines) is 1. The number of piperidine rings is 1. The van der Waals surface area contributed by atoms with E-state index < -0.39 is 0 Å². The van der Waals surface area contributed by atoms with Crippen LogP contribution in [0.1, 0.15) is 59.7 Å². The van der Waals surface area contributed by atoms with Crippen molar-refractivity contribution in [2.45, 2.75) is 51.5 Å². The molecule has 0 radical (unpaired) electrons. The lowest BCUT2D eigenvalue weighted by Crippen LogP contribution is -2.47. The summed E-state index contributed by atoms with van der Waals surface area (Å²) in [7, 11) is 3.80. The molecule has 1 amide bonds. The van der Waals surface area contributed by atoms with Crippen molar-refractivity contribution >= 4 is 5.91 Å². The molecule has 6 heteroatoms. The molecule has 182 valence electrons. The molecule has 0 bridgehead atoms. The fourth-order valence-electron chi connectivity index (χ4n) is 5.13. The summed E-state index contributed by atoms with van der Waals surface area (Å²) in [4.78, 5) is 17.8. The molecular weight excluding hydrogens is 424 g/mol. The number of furan rings is 1. The number of hydrogen-bond acceptors (Lipinski definition) is 4. The molecule has 1 aliphatic heterocycles. The Balaban J connectivity index is 1.38. The molecule has 0 aliphatic carbocycles. The molecule has 2 atom stereocenters. The van der Waals surface area contributed by atoms with Gasteiger partial charge in [-0.05, 0) is 81.9 Å². The highest BCUT2D eigenvalue weighted by Crippen LogP contribution is 2.28. The van der Waals surface area contributed by atoms with E-state index in [0.717, 1.165) is 56.8 Å². The molecule has 0 N–H and O–H groups in total. The number of amides is 1. The third-order valence-corrected chi connectivity index (χ3v) is 7.34. The van der Waals surface area contributed by atoms with Crippen molar-refractivity contribution in [1.82, 2.24) is 19.6 Å². The normalized spacial score (nSPS) is 16.9. The first-order valence-corrected chi connectivity index (χ1v) is 12.5. The van der Waals surface area contributed by atoms with Gasteiger partial charge in [-0.2, -0.15) is 5.10 Å². The highest BCUT2D eigenvalue weighted by molar-refractivity contribution is 5.92. The Bertz CT molecular complexity index is 1050. The fourth-order valence-corrected chi connectivity index (χ4v) is 5.13. The molecule has 3 heterocycles. The summed E-state index contributed by atoms with van der Waals surface area (Å²) >= 11 is 0. The van der Waals surface area contributed by atoms with Gasteiger partial charge in [0, 0.05) is 32.3 Å². The molecule has 1 fully saturated rings. The van der Waals surface area contributed by atoms with Gasteiger partial charge in [-0.25, -0.2) is 0 Å². The summed E-state index contributed by atoms with van der Waals surface area (Å²) in [5.41, 5.74) is 1.79. The Morgan fingerprint density at radius 1 is 1.15 bits per heavy atom. The Labute approximate surface area is 203 Å². The first-order valence-electron chi connectivity index (χ1n) is 12.5. The van der Waals surface area contributed by atoms with Gasteiger partial charge in [0.25, 0.3) is 5.91 Å². The quantitative estimate of drug-likeness (QED) is 0.453. The van der Waals surface area contributed by atoms with Gasteiger partial charge in [-0.1, -0.05) is 37.3 Å². The van der Waals surface area contributed by atoms with Crippen molar-refractivity contribution < 1.29 is 9.21 Å². The maximum atomic E-state index is 13.2. The summed E-state index contributed by atoms with van der Waals surface area (Å²) in [5.74, 6) is 2.98. The molecule has 0 spiro atoms. The highest BCUT2D eigenvalue weighted by atomic mass is 16.3. The van der Waals surface area contributed by atoms with Crippen LogP contribution in [-0.2, 0) is 13.5 Å². The average Bonchev–Trinajstić information content (AvgIpc) is 3.49. The molecule has 1 aromatic carbocycles. The third kappa shape index (κ3) is 5.98. The minimum Gasteiger partial charge on any atom is -0.466 e. The smallest absolute Gasteiger partial charge is 0.274 e. The standard InChI is InChI=1S/C28H38N4O2/c1-21(27-11-10-22(2)34-27)12-17-32-18-13-24(14-19-32)26(20-23-8-6-5-7-9-23)31(4)28(33)25-15-16-30(3)29-25/h5-11,15-16,21,24,26H,12-14,17-20H2,1-4H3/t21-,26-/m1/s1. The number of hydrogen-bond donors (Lipinski definition) is 0. The maximum absolute atomic E-state index is 13.2. The second-order valence-corrected chi connectivity index (χ2v) is 9.86. The highest BCUT2D eigenvalue weighted by Gasteiger charge is 2.32. The van der Waals surface area contributed by atoms with E-state index in [9.17, 15) is 4.79 Å². The number of benzene rings is 1. The van der Waals surface area contributed by atoms with Crippen LogP contribution in [0.5, 0.6) is 0 Å². The number of carbonyl (C=O) groups excluding carboxylic acids is 1. The first-order chi connectivity index (χ1) is 16.4. The molecular formula is C28H38N4O2. The molecule has 4 rings (SSSR count). The number of aryl methyl sites for hydroxylation is 2. The zero-order chi connectivity index (χ0) is 24.1. The molecule has 0 saturated carbocycles. The van der Waals surface area contributed by atoms with Gasteiger partial charge in [-0.15, -0.1) is 0 Å². The van der Waals surface area contributed by atoms with E-state index in [-0.39, 0.29) is 11.9 Å². The van der Waals surface area contributed by atoms with Crippen LogP contribution in [-0.4, -0.2) is 58.2 Å². The van der Waals surface area contributed by atoms with Crippen molar-refractivity contribution in [2.24, 2.45) is 13.0 Å². The summed E-state index contributed by atoms with van der Waals surface area (Å²) in [6, 6.07) is 16.7. The van der Waals surface area contributed by atoms with Crippen molar-refractivity contribution in [3.05, 3.63) is 77.5 Å². The van der Waals surface area contributed by atoms with Gasteiger partial charge in [-0.3, -0.25) is 9.48 Å². The summed E-state index contributed by atoms with van der Waals surface area (Å²) in [5, 5.41) is 4.36. The second kappa shape index (κ2) is 11.0. The van der Waals surface area contributed by atoms with Gasteiger partial charge < -0.3 is 14.2 Å². The number of aromatic nitrogens is 2. The lowest BCUT2D eigenvalue weighted by molar-refractivity contribution is 0.0582. The van der Waals surface area contributed by atoms with Crippen LogP contribution >= 0.6 is 0 Å². The lowest BCUT2D eigenvalue weighted by Gasteiger charge is -2.40. The Kier molecular flexibility index (Phi) is 7.88. The second-order valence-electron chi connectivity index (χ2n) is 9.86. The SMILES string of the molecule is Cc1ccc([C@H](C)CCN2CCC([C@@H](Cc3ccccc3)N(C)C(=O)c3ccn(C)n3)CC2)o1. The maximum Gasteiger partial charge on any atom is 0.274 e. The van der Waals surface area contributed by atoms with Crippen LogP contribution in [0.15, 0.2) is 59.1 Å². The van der Waals surface area contributed by atoms with E-state index in [1.165, 1.54) is 5.56 Å². The molecule has 2 aromatic heterocycles. The van der Waals surface area contributed by atoms with Gasteiger partial charge in [0.05, 0.1) is 0 Å². The predicted molar refractivity (Wildman–Crippen MR) is 135 cm³/mol. The van der Waals surface area contributed by atoms with Gasteiger partial charge in [0.15, 0.2) is 0 Å². The van der Waals surface area contributed by atoms with Crippen LogP contribution in [0, 0.1) is 12.8 Å². The molecule has 6 nitrogen and oxygen atoms in total. The van der Waals surface area contributed by atoms with Crippen molar-refractivity contribution in [1.29, 1.82) is 0 Å².